The van der Waals surface area contributed by atoms with E-state index in [1.807, 2.05) is 29.2 Å². The maximum absolute atomic E-state index is 13.7. The molecule has 5 rings (SSSR count). The number of morpholine rings is 1. The molecule has 0 aliphatic carbocycles. The van der Waals surface area contributed by atoms with Crippen molar-refractivity contribution in [3.63, 3.8) is 0 Å². The molecule has 180 valence electrons. The smallest absolute Gasteiger partial charge is 0.415 e. The molecule has 3 saturated heterocycles. The van der Waals surface area contributed by atoms with Gasteiger partial charge in [-0.2, -0.15) is 0 Å². The van der Waals surface area contributed by atoms with Crippen LogP contribution >= 0.6 is 0 Å². The summed E-state index contributed by atoms with van der Waals surface area (Å²) in [7, 11) is 0. The SMILES string of the molecule is O=C(c1ccccc1CN1CCOCC1)N1CCC[C@]2(CC1)CN(c1cccc(F)c1)C(=O)O2. The number of halogens is 1. The molecule has 0 bridgehead atoms. The Balaban J connectivity index is 1.27. The van der Waals surface area contributed by atoms with E-state index in [0.717, 1.165) is 50.4 Å². The fourth-order valence-corrected chi connectivity index (χ4v) is 5.13. The molecule has 0 unspecified atom stereocenters. The first-order valence-corrected chi connectivity index (χ1v) is 12.0. The van der Waals surface area contributed by atoms with E-state index >= 15 is 0 Å². The van der Waals surface area contributed by atoms with Gasteiger partial charge >= 0.3 is 6.09 Å². The van der Waals surface area contributed by atoms with Crippen LogP contribution in [-0.4, -0.2) is 73.3 Å². The molecule has 1 spiro atoms. The number of carbonyl (C=O) groups excluding carboxylic acids is 2. The molecule has 3 aliphatic heterocycles. The number of rotatable bonds is 4. The van der Waals surface area contributed by atoms with Crippen LogP contribution in [0.25, 0.3) is 0 Å². The minimum absolute atomic E-state index is 0.0206. The van der Waals surface area contributed by atoms with Gasteiger partial charge in [-0.3, -0.25) is 14.6 Å². The van der Waals surface area contributed by atoms with E-state index in [0.29, 0.717) is 38.2 Å². The van der Waals surface area contributed by atoms with Crippen molar-refractivity contribution in [2.75, 3.05) is 50.8 Å². The van der Waals surface area contributed by atoms with Crippen LogP contribution in [0.1, 0.15) is 35.2 Å². The fourth-order valence-electron chi connectivity index (χ4n) is 5.13. The second-order valence-electron chi connectivity index (χ2n) is 9.31. The van der Waals surface area contributed by atoms with Crippen LogP contribution in [0.2, 0.25) is 0 Å². The monoisotopic (exact) mass is 467 g/mol. The lowest BCUT2D eigenvalue weighted by Crippen LogP contribution is -2.38. The Morgan fingerprint density at radius 3 is 2.65 bits per heavy atom. The predicted octanol–water partition coefficient (Wildman–Crippen LogP) is 3.68. The number of anilines is 1. The van der Waals surface area contributed by atoms with Crippen LogP contribution in [0.5, 0.6) is 0 Å². The topological polar surface area (TPSA) is 62.3 Å². The van der Waals surface area contributed by atoms with Crippen LogP contribution in [0.15, 0.2) is 48.5 Å². The Morgan fingerprint density at radius 1 is 1.00 bits per heavy atom. The number of benzene rings is 2. The summed E-state index contributed by atoms with van der Waals surface area (Å²) in [6.07, 6.45) is 1.51. The third kappa shape index (κ3) is 4.79. The van der Waals surface area contributed by atoms with Crippen molar-refractivity contribution in [3.8, 4) is 0 Å². The molecule has 3 heterocycles. The van der Waals surface area contributed by atoms with E-state index in [9.17, 15) is 14.0 Å². The first kappa shape index (κ1) is 22.8. The predicted molar refractivity (Wildman–Crippen MR) is 125 cm³/mol. The highest BCUT2D eigenvalue weighted by Crippen LogP contribution is 2.36. The zero-order chi connectivity index (χ0) is 23.5. The molecule has 0 saturated carbocycles. The Kier molecular flexibility index (Phi) is 6.52. The standard InChI is InChI=1S/C26H30FN3O4/c27-21-6-3-7-22(17-21)30-19-26(34-25(30)32)9-4-11-29(12-10-26)24(31)23-8-2-1-5-20(23)18-28-13-15-33-16-14-28/h1-3,5-8,17H,4,9-16,18-19H2/t26-/m0/s1. The molecular formula is C26H30FN3O4. The van der Waals surface area contributed by atoms with Crippen LogP contribution in [-0.2, 0) is 16.0 Å². The van der Waals surface area contributed by atoms with Crippen molar-refractivity contribution in [2.24, 2.45) is 0 Å². The lowest BCUT2D eigenvalue weighted by atomic mass is 9.95. The number of hydrogen-bond acceptors (Lipinski definition) is 5. The average Bonchev–Trinajstić information content (AvgIpc) is 3.03. The molecule has 3 aliphatic rings. The second kappa shape index (κ2) is 9.72. The third-order valence-corrected chi connectivity index (χ3v) is 7.02. The molecule has 1 atom stereocenters. The molecule has 2 aromatic carbocycles. The van der Waals surface area contributed by atoms with E-state index in [2.05, 4.69) is 4.90 Å². The molecule has 2 aromatic rings. The molecule has 8 heteroatoms. The molecule has 0 radical (unpaired) electrons. The Hall–Kier alpha value is -2.97. The molecule has 3 fully saturated rings. The maximum Gasteiger partial charge on any atom is 0.415 e. The Bertz CT molecular complexity index is 1060. The van der Waals surface area contributed by atoms with Crippen LogP contribution in [0.4, 0.5) is 14.9 Å². The van der Waals surface area contributed by atoms with Crippen LogP contribution in [0.3, 0.4) is 0 Å². The second-order valence-corrected chi connectivity index (χ2v) is 9.31. The number of amides is 2. The van der Waals surface area contributed by atoms with Gasteiger partial charge in [-0.15, -0.1) is 0 Å². The van der Waals surface area contributed by atoms with Crippen molar-refractivity contribution in [1.82, 2.24) is 9.80 Å². The van der Waals surface area contributed by atoms with Crippen LogP contribution in [0, 0.1) is 5.82 Å². The highest BCUT2D eigenvalue weighted by molar-refractivity contribution is 5.96. The first-order chi connectivity index (χ1) is 16.5. The van der Waals surface area contributed by atoms with Crippen molar-refractivity contribution >= 4 is 17.7 Å². The van der Waals surface area contributed by atoms with Gasteiger partial charge in [0.25, 0.3) is 5.91 Å². The van der Waals surface area contributed by atoms with Crippen molar-refractivity contribution in [3.05, 3.63) is 65.5 Å². The van der Waals surface area contributed by atoms with Crippen molar-refractivity contribution in [1.29, 1.82) is 0 Å². The van der Waals surface area contributed by atoms with Gasteiger partial charge in [0, 0.05) is 44.7 Å². The summed E-state index contributed by atoms with van der Waals surface area (Å²) < 4.78 is 25.0. The minimum Gasteiger partial charge on any atom is -0.441 e. The van der Waals surface area contributed by atoms with Crippen LogP contribution < -0.4 is 4.90 Å². The number of ether oxygens (including phenoxy) is 2. The lowest BCUT2D eigenvalue weighted by Gasteiger charge is -2.28. The number of carbonyl (C=O) groups is 2. The third-order valence-electron chi connectivity index (χ3n) is 7.02. The molecule has 2 amide bonds. The summed E-state index contributed by atoms with van der Waals surface area (Å²) in [5, 5.41) is 0. The zero-order valence-corrected chi connectivity index (χ0v) is 19.2. The average molecular weight is 468 g/mol. The van der Waals surface area contributed by atoms with Crippen molar-refractivity contribution in [2.45, 2.75) is 31.4 Å². The molecule has 34 heavy (non-hydrogen) atoms. The van der Waals surface area contributed by atoms with Gasteiger partial charge in [0.1, 0.15) is 11.4 Å². The van der Waals surface area contributed by atoms with E-state index in [4.69, 9.17) is 9.47 Å². The van der Waals surface area contributed by atoms with Gasteiger partial charge in [-0.05, 0) is 42.7 Å². The molecule has 7 nitrogen and oxygen atoms in total. The summed E-state index contributed by atoms with van der Waals surface area (Å²) >= 11 is 0. The normalized spacial score (nSPS) is 23.7. The summed E-state index contributed by atoms with van der Waals surface area (Å²) in [5.74, 6) is -0.369. The molecule has 0 N–H and O–H groups in total. The van der Waals surface area contributed by atoms with Crippen molar-refractivity contribution < 1.29 is 23.5 Å². The van der Waals surface area contributed by atoms with Gasteiger partial charge in [0.2, 0.25) is 0 Å². The number of nitrogens with zero attached hydrogens (tertiary/aromatic N) is 3. The van der Waals surface area contributed by atoms with Gasteiger partial charge in [0.05, 0.1) is 25.4 Å². The van der Waals surface area contributed by atoms with E-state index in [1.54, 1.807) is 12.1 Å². The van der Waals surface area contributed by atoms with Gasteiger partial charge in [-0.1, -0.05) is 24.3 Å². The number of likely N-dealkylation sites (tertiary alicyclic amines) is 1. The molecular weight excluding hydrogens is 437 g/mol. The molecule has 0 aromatic heterocycles. The summed E-state index contributed by atoms with van der Waals surface area (Å²) in [5.41, 5.74) is 1.59. The Labute approximate surface area is 199 Å². The summed E-state index contributed by atoms with van der Waals surface area (Å²) in [6.45, 7) is 5.38. The highest BCUT2D eigenvalue weighted by Gasteiger charge is 2.46. The van der Waals surface area contributed by atoms with E-state index < -0.39 is 11.7 Å². The number of hydrogen-bond donors (Lipinski definition) is 0. The summed E-state index contributed by atoms with van der Waals surface area (Å²) in [6, 6.07) is 13.8. The highest BCUT2D eigenvalue weighted by atomic mass is 19.1. The fraction of sp³-hybridized carbons (Fsp3) is 0.462. The van der Waals surface area contributed by atoms with E-state index in [-0.39, 0.29) is 11.7 Å². The largest absolute Gasteiger partial charge is 0.441 e. The van der Waals surface area contributed by atoms with Gasteiger partial charge in [-0.25, -0.2) is 9.18 Å². The first-order valence-electron chi connectivity index (χ1n) is 12.0. The summed E-state index contributed by atoms with van der Waals surface area (Å²) in [4.78, 5) is 31.8. The van der Waals surface area contributed by atoms with E-state index in [1.165, 1.54) is 17.0 Å². The quantitative estimate of drug-likeness (QED) is 0.687. The maximum atomic E-state index is 13.7. The van der Waals surface area contributed by atoms with Gasteiger partial charge in [0.15, 0.2) is 0 Å². The van der Waals surface area contributed by atoms with Gasteiger partial charge < -0.3 is 14.4 Å². The zero-order valence-electron chi connectivity index (χ0n) is 19.2. The minimum atomic E-state index is -0.661. The Morgan fingerprint density at radius 2 is 1.82 bits per heavy atom. The lowest BCUT2D eigenvalue weighted by molar-refractivity contribution is 0.0339.